The van der Waals surface area contributed by atoms with Crippen molar-refractivity contribution in [2.75, 3.05) is 24.5 Å². The molecule has 0 spiro atoms. The van der Waals surface area contributed by atoms with Crippen LogP contribution in [0.3, 0.4) is 0 Å². The average molecular weight is 278 g/mol. The number of hydrogen-bond acceptors (Lipinski definition) is 4. The lowest BCUT2D eigenvalue weighted by atomic mass is 9.97. The molecule has 3 rings (SSSR count). The van der Waals surface area contributed by atoms with E-state index >= 15 is 0 Å². The molecule has 0 aliphatic carbocycles. The minimum Gasteiger partial charge on any atom is -0.351 e. The van der Waals surface area contributed by atoms with Crippen LogP contribution in [0, 0.1) is 5.82 Å². The molecule has 0 saturated carbocycles. The number of aromatic nitrogens is 1. The van der Waals surface area contributed by atoms with Gasteiger partial charge in [-0.25, -0.2) is 9.37 Å². The molecule has 2 unspecified atom stereocenters. The highest BCUT2D eigenvalue weighted by molar-refractivity contribution is 5.48. The van der Waals surface area contributed by atoms with E-state index in [9.17, 15) is 4.39 Å². The highest BCUT2D eigenvalue weighted by Gasteiger charge is 2.34. The standard InChI is InChI=1S/C15H23FN4/c1-11-9-19-5-3-2-4-14(19)10-20(11)15-12(7-17)6-13(16)8-18-15/h6,8,11,14H,2-5,7,9-10,17H2,1H3. The van der Waals surface area contributed by atoms with E-state index in [1.54, 1.807) is 0 Å². The Bertz CT molecular complexity index is 479. The quantitative estimate of drug-likeness (QED) is 0.895. The summed E-state index contributed by atoms with van der Waals surface area (Å²) in [6.07, 6.45) is 5.17. The van der Waals surface area contributed by atoms with Crippen molar-refractivity contribution in [2.45, 2.75) is 44.8 Å². The first-order chi connectivity index (χ1) is 9.69. The first kappa shape index (κ1) is 13.8. The van der Waals surface area contributed by atoms with Gasteiger partial charge in [0.25, 0.3) is 0 Å². The summed E-state index contributed by atoms with van der Waals surface area (Å²) in [5.41, 5.74) is 6.57. The van der Waals surface area contributed by atoms with Gasteiger partial charge in [-0.1, -0.05) is 6.42 Å². The van der Waals surface area contributed by atoms with Gasteiger partial charge in [-0.05, 0) is 32.4 Å². The molecule has 2 atom stereocenters. The van der Waals surface area contributed by atoms with E-state index in [1.807, 2.05) is 0 Å². The van der Waals surface area contributed by atoms with E-state index in [0.29, 0.717) is 18.6 Å². The largest absolute Gasteiger partial charge is 0.351 e. The number of anilines is 1. The fourth-order valence-corrected chi connectivity index (χ4v) is 3.53. The normalized spacial score (nSPS) is 27.4. The minimum absolute atomic E-state index is 0.307. The Balaban J connectivity index is 1.85. The Kier molecular flexibility index (Phi) is 3.89. The van der Waals surface area contributed by atoms with Crippen LogP contribution in [0.25, 0.3) is 0 Å². The molecule has 4 nitrogen and oxygen atoms in total. The molecule has 2 fully saturated rings. The molecule has 2 aliphatic heterocycles. The van der Waals surface area contributed by atoms with Crippen LogP contribution in [0.5, 0.6) is 0 Å². The molecule has 5 heteroatoms. The number of pyridine rings is 1. The fourth-order valence-electron chi connectivity index (χ4n) is 3.53. The molecule has 0 radical (unpaired) electrons. The van der Waals surface area contributed by atoms with Crippen molar-refractivity contribution < 1.29 is 4.39 Å². The number of rotatable bonds is 2. The second-order valence-corrected chi connectivity index (χ2v) is 5.99. The van der Waals surface area contributed by atoms with Gasteiger partial charge in [-0.2, -0.15) is 0 Å². The molecule has 2 saturated heterocycles. The maximum atomic E-state index is 13.3. The van der Waals surface area contributed by atoms with Crippen molar-refractivity contribution in [2.24, 2.45) is 5.73 Å². The summed E-state index contributed by atoms with van der Waals surface area (Å²) < 4.78 is 13.3. The Hall–Kier alpha value is -1.20. The summed E-state index contributed by atoms with van der Waals surface area (Å²) in [5.74, 6) is 0.560. The molecule has 2 N–H and O–H groups in total. The lowest BCUT2D eigenvalue weighted by Crippen LogP contribution is -2.59. The molecule has 1 aromatic heterocycles. The maximum Gasteiger partial charge on any atom is 0.141 e. The predicted octanol–water partition coefficient (Wildman–Crippen LogP) is 1.74. The number of piperazine rings is 1. The number of piperidine rings is 1. The second kappa shape index (κ2) is 5.66. The number of fused-ring (bicyclic) bond motifs is 1. The van der Waals surface area contributed by atoms with Crippen LogP contribution in [0.1, 0.15) is 31.7 Å². The van der Waals surface area contributed by atoms with Crippen LogP contribution in [0.2, 0.25) is 0 Å². The molecule has 20 heavy (non-hydrogen) atoms. The van der Waals surface area contributed by atoms with Crippen molar-refractivity contribution in [1.82, 2.24) is 9.88 Å². The summed E-state index contributed by atoms with van der Waals surface area (Å²) >= 11 is 0. The molecule has 3 heterocycles. The van der Waals surface area contributed by atoms with E-state index in [2.05, 4.69) is 21.7 Å². The van der Waals surface area contributed by atoms with Gasteiger partial charge in [-0.15, -0.1) is 0 Å². The summed E-state index contributed by atoms with van der Waals surface area (Å²) in [6.45, 7) is 5.80. The van der Waals surface area contributed by atoms with Gasteiger partial charge < -0.3 is 10.6 Å². The Morgan fingerprint density at radius 3 is 3.05 bits per heavy atom. The Labute approximate surface area is 119 Å². The number of halogens is 1. The van der Waals surface area contributed by atoms with E-state index < -0.39 is 0 Å². The van der Waals surface area contributed by atoms with Crippen molar-refractivity contribution in [3.63, 3.8) is 0 Å². The lowest BCUT2D eigenvalue weighted by Gasteiger charge is -2.48. The fraction of sp³-hybridized carbons (Fsp3) is 0.667. The summed E-state index contributed by atoms with van der Waals surface area (Å²) in [6, 6.07) is 2.52. The smallest absolute Gasteiger partial charge is 0.141 e. The minimum atomic E-state index is -0.307. The van der Waals surface area contributed by atoms with Crippen LogP contribution in [-0.2, 0) is 6.54 Å². The summed E-state index contributed by atoms with van der Waals surface area (Å²) in [5, 5.41) is 0. The van der Waals surface area contributed by atoms with E-state index in [1.165, 1.54) is 38.1 Å². The van der Waals surface area contributed by atoms with Crippen LogP contribution < -0.4 is 10.6 Å². The average Bonchev–Trinajstić information content (AvgIpc) is 2.46. The zero-order valence-electron chi connectivity index (χ0n) is 12.1. The molecule has 0 bridgehead atoms. The zero-order valence-corrected chi connectivity index (χ0v) is 12.1. The zero-order chi connectivity index (χ0) is 14.1. The first-order valence-electron chi connectivity index (χ1n) is 7.54. The SMILES string of the molecule is CC1CN2CCCCC2CN1c1ncc(F)cc1CN. The Morgan fingerprint density at radius 1 is 1.40 bits per heavy atom. The Morgan fingerprint density at radius 2 is 2.25 bits per heavy atom. The van der Waals surface area contributed by atoms with Crippen LogP contribution in [0.4, 0.5) is 10.2 Å². The van der Waals surface area contributed by atoms with E-state index in [0.717, 1.165) is 24.5 Å². The van der Waals surface area contributed by atoms with Crippen LogP contribution in [-0.4, -0.2) is 41.6 Å². The third-order valence-corrected chi connectivity index (χ3v) is 4.59. The number of hydrogen-bond donors (Lipinski definition) is 1. The maximum absolute atomic E-state index is 13.3. The molecule has 110 valence electrons. The van der Waals surface area contributed by atoms with Crippen molar-refractivity contribution in [3.05, 3.63) is 23.6 Å². The van der Waals surface area contributed by atoms with Crippen molar-refractivity contribution >= 4 is 5.82 Å². The van der Waals surface area contributed by atoms with Crippen LogP contribution in [0.15, 0.2) is 12.3 Å². The van der Waals surface area contributed by atoms with Gasteiger partial charge in [-0.3, -0.25) is 4.90 Å². The highest BCUT2D eigenvalue weighted by atomic mass is 19.1. The molecule has 0 amide bonds. The van der Waals surface area contributed by atoms with Gasteiger partial charge in [0.15, 0.2) is 0 Å². The predicted molar refractivity (Wildman–Crippen MR) is 78.1 cm³/mol. The van der Waals surface area contributed by atoms with Gasteiger partial charge in [0.2, 0.25) is 0 Å². The van der Waals surface area contributed by atoms with Crippen LogP contribution >= 0.6 is 0 Å². The van der Waals surface area contributed by atoms with Gasteiger partial charge in [0.1, 0.15) is 11.6 Å². The number of nitrogens with two attached hydrogens (primary N) is 1. The third kappa shape index (κ3) is 2.52. The van der Waals surface area contributed by atoms with Gasteiger partial charge in [0.05, 0.1) is 6.20 Å². The van der Waals surface area contributed by atoms with Crippen molar-refractivity contribution in [1.29, 1.82) is 0 Å². The number of nitrogens with zero attached hydrogens (tertiary/aromatic N) is 3. The lowest BCUT2D eigenvalue weighted by molar-refractivity contribution is 0.115. The van der Waals surface area contributed by atoms with Crippen molar-refractivity contribution in [3.8, 4) is 0 Å². The summed E-state index contributed by atoms with van der Waals surface area (Å²) in [7, 11) is 0. The van der Waals surface area contributed by atoms with E-state index in [4.69, 9.17) is 5.73 Å². The van der Waals surface area contributed by atoms with E-state index in [-0.39, 0.29) is 5.82 Å². The highest BCUT2D eigenvalue weighted by Crippen LogP contribution is 2.29. The monoisotopic (exact) mass is 278 g/mol. The molecular formula is C15H23FN4. The molecule has 2 aliphatic rings. The van der Waals surface area contributed by atoms with Gasteiger partial charge >= 0.3 is 0 Å². The topological polar surface area (TPSA) is 45.4 Å². The molecule has 1 aromatic rings. The molecular weight excluding hydrogens is 255 g/mol. The summed E-state index contributed by atoms with van der Waals surface area (Å²) in [4.78, 5) is 9.22. The third-order valence-electron chi connectivity index (χ3n) is 4.59. The van der Waals surface area contributed by atoms with Gasteiger partial charge in [0, 0.05) is 37.3 Å². The molecule has 0 aromatic carbocycles. The second-order valence-electron chi connectivity index (χ2n) is 5.99. The first-order valence-corrected chi connectivity index (χ1v) is 7.54.